The van der Waals surface area contributed by atoms with Crippen molar-refractivity contribution in [3.63, 3.8) is 0 Å². The fourth-order valence-electron chi connectivity index (χ4n) is 5.99. The van der Waals surface area contributed by atoms with Crippen LogP contribution in [0.5, 0.6) is 0 Å². The molecule has 0 saturated heterocycles. The van der Waals surface area contributed by atoms with Gasteiger partial charge in [-0.15, -0.1) is 0 Å². The first kappa shape index (κ1) is 12.9. The molecular weight excluding hydrogens is 244 g/mol. The van der Waals surface area contributed by atoms with Gasteiger partial charge in [-0.05, 0) is 73.2 Å². The molecule has 108 valence electrons. The normalized spacial score (nSPS) is 50.2. The largest absolute Gasteiger partial charge is 0.295 e. The fraction of sp³-hybridized carbons (Fsp3) is 0.737. The summed E-state index contributed by atoms with van der Waals surface area (Å²) in [6, 6.07) is 0. The van der Waals surface area contributed by atoms with Crippen LogP contribution in [0.15, 0.2) is 23.8 Å². The second-order valence-electron chi connectivity index (χ2n) is 8.10. The molecule has 1 nitrogen and oxygen atoms in total. The van der Waals surface area contributed by atoms with Gasteiger partial charge in [0, 0.05) is 6.42 Å². The van der Waals surface area contributed by atoms with Crippen LogP contribution < -0.4 is 0 Å². The van der Waals surface area contributed by atoms with Crippen LogP contribution in [0.4, 0.5) is 0 Å². The molecule has 4 rings (SSSR count). The Morgan fingerprint density at radius 3 is 3.00 bits per heavy atom. The Balaban J connectivity index is 1.70. The molecule has 0 amide bonds. The molecule has 0 N–H and O–H groups in total. The van der Waals surface area contributed by atoms with Gasteiger partial charge in [0.05, 0.1) is 0 Å². The molecule has 4 aliphatic rings. The highest BCUT2D eigenvalue weighted by Gasteiger charge is 2.53. The number of fused-ring (bicyclic) bond motifs is 5. The van der Waals surface area contributed by atoms with Gasteiger partial charge < -0.3 is 0 Å². The maximum Gasteiger partial charge on any atom is 0.155 e. The summed E-state index contributed by atoms with van der Waals surface area (Å²) in [5.74, 6) is 4.37. The summed E-state index contributed by atoms with van der Waals surface area (Å²) in [5.41, 5.74) is 2.04. The predicted molar refractivity (Wildman–Crippen MR) is 81.2 cm³/mol. The molecule has 0 aromatic rings. The zero-order chi connectivity index (χ0) is 13.9. The van der Waals surface area contributed by atoms with Gasteiger partial charge in [-0.2, -0.15) is 0 Å². The van der Waals surface area contributed by atoms with Crippen molar-refractivity contribution in [2.75, 3.05) is 0 Å². The molecule has 20 heavy (non-hydrogen) atoms. The molecule has 1 heteroatoms. The standard InChI is InChI=1S/C19H26O/c1-12-10-13-11-14(20)5-6-15(13)16-7-9-19(2)8-3-4-17(19)18(12)16/h3-4,11-12,15-18H,5-10H2,1-2H3/t12?,15-,16+,17-,18+,19-/m0/s1. The zero-order valence-electron chi connectivity index (χ0n) is 12.8. The summed E-state index contributed by atoms with van der Waals surface area (Å²) in [6.45, 7) is 4.95. The zero-order valence-corrected chi connectivity index (χ0v) is 12.8. The van der Waals surface area contributed by atoms with Crippen LogP contribution in [0.25, 0.3) is 0 Å². The van der Waals surface area contributed by atoms with Gasteiger partial charge in [-0.1, -0.05) is 31.6 Å². The Hall–Kier alpha value is -0.850. The van der Waals surface area contributed by atoms with Gasteiger partial charge in [-0.25, -0.2) is 0 Å². The molecule has 2 saturated carbocycles. The Labute approximate surface area is 122 Å². The van der Waals surface area contributed by atoms with Crippen molar-refractivity contribution < 1.29 is 4.79 Å². The lowest BCUT2D eigenvalue weighted by Crippen LogP contribution is -2.47. The van der Waals surface area contributed by atoms with Crippen LogP contribution >= 0.6 is 0 Å². The monoisotopic (exact) mass is 270 g/mol. The maximum atomic E-state index is 11.7. The molecule has 0 aromatic heterocycles. The van der Waals surface area contributed by atoms with Crippen molar-refractivity contribution in [1.29, 1.82) is 0 Å². The molecule has 0 aliphatic heterocycles. The van der Waals surface area contributed by atoms with Crippen LogP contribution in [0.1, 0.15) is 52.4 Å². The van der Waals surface area contributed by atoms with E-state index in [1.807, 2.05) is 6.08 Å². The summed E-state index contributed by atoms with van der Waals surface area (Å²) in [5, 5.41) is 0. The number of ketones is 1. The first-order chi connectivity index (χ1) is 9.58. The SMILES string of the molecule is CC1CC2=CC(=O)CC[C@@H]2[C@H]2CC[C@]3(C)CC=C[C@H]3[C@H]12. The van der Waals surface area contributed by atoms with Crippen LogP contribution in [0.2, 0.25) is 0 Å². The molecule has 0 aromatic carbocycles. The van der Waals surface area contributed by atoms with E-state index in [0.717, 1.165) is 42.4 Å². The molecule has 4 aliphatic carbocycles. The van der Waals surface area contributed by atoms with E-state index in [-0.39, 0.29) is 0 Å². The first-order valence-electron chi connectivity index (χ1n) is 8.48. The lowest BCUT2D eigenvalue weighted by Gasteiger charge is -2.55. The third kappa shape index (κ3) is 1.71. The Morgan fingerprint density at radius 1 is 1.30 bits per heavy atom. The van der Waals surface area contributed by atoms with Gasteiger partial charge in [0.2, 0.25) is 0 Å². The highest BCUT2D eigenvalue weighted by atomic mass is 16.1. The number of allylic oxidation sites excluding steroid dienone is 4. The van der Waals surface area contributed by atoms with Crippen LogP contribution in [0.3, 0.4) is 0 Å². The second kappa shape index (κ2) is 4.32. The summed E-state index contributed by atoms with van der Waals surface area (Å²) in [6.07, 6.45) is 14.2. The van der Waals surface area contributed by atoms with Gasteiger partial charge in [0.25, 0.3) is 0 Å². The smallest absolute Gasteiger partial charge is 0.155 e. The van der Waals surface area contributed by atoms with E-state index < -0.39 is 0 Å². The number of carbonyl (C=O) groups is 1. The molecule has 0 heterocycles. The highest BCUT2D eigenvalue weighted by molar-refractivity contribution is 5.91. The van der Waals surface area contributed by atoms with Crippen molar-refractivity contribution in [3.05, 3.63) is 23.8 Å². The summed E-state index contributed by atoms with van der Waals surface area (Å²) in [7, 11) is 0. The van der Waals surface area contributed by atoms with E-state index >= 15 is 0 Å². The average Bonchev–Trinajstić information content (AvgIpc) is 2.79. The van der Waals surface area contributed by atoms with Crippen molar-refractivity contribution >= 4 is 5.78 Å². The fourth-order valence-corrected chi connectivity index (χ4v) is 5.99. The first-order valence-corrected chi connectivity index (χ1v) is 8.48. The minimum atomic E-state index is 0.378. The van der Waals surface area contributed by atoms with Crippen LogP contribution in [-0.4, -0.2) is 5.78 Å². The highest BCUT2D eigenvalue weighted by Crippen LogP contribution is 2.61. The van der Waals surface area contributed by atoms with Gasteiger partial charge in [0.15, 0.2) is 5.78 Å². The molecule has 0 radical (unpaired) electrons. The number of carbonyl (C=O) groups excluding carboxylic acids is 1. The van der Waals surface area contributed by atoms with Crippen molar-refractivity contribution in [1.82, 2.24) is 0 Å². The number of hydrogen-bond acceptors (Lipinski definition) is 1. The number of hydrogen-bond donors (Lipinski definition) is 0. The quantitative estimate of drug-likeness (QED) is 0.591. The summed E-state index contributed by atoms with van der Waals surface area (Å²) >= 11 is 0. The molecule has 0 spiro atoms. The minimum Gasteiger partial charge on any atom is -0.295 e. The van der Waals surface area contributed by atoms with Crippen LogP contribution in [0, 0.1) is 35.0 Å². The Morgan fingerprint density at radius 2 is 2.15 bits per heavy atom. The van der Waals surface area contributed by atoms with E-state index in [1.165, 1.54) is 31.3 Å². The van der Waals surface area contributed by atoms with E-state index in [1.54, 1.807) is 0 Å². The summed E-state index contributed by atoms with van der Waals surface area (Å²) < 4.78 is 0. The lowest BCUT2D eigenvalue weighted by molar-refractivity contribution is -0.116. The topological polar surface area (TPSA) is 17.1 Å². The van der Waals surface area contributed by atoms with E-state index in [0.29, 0.717) is 11.2 Å². The Kier molecular flexibility index (Phi) is 2.78. The predicted octanol–water partition coefficient (Wildman–Crippen LogP) is 4.54. The third-order valence-corrected chi connectivity index (χ3v) is 6.95. The summed E-state index contributed by atoms with van der Waals surface area (Å²) in [4.78, 5) is 11.7. The van der Waals surface area contributed by atoms with E-state index in [4.69, 9.17) is 0 Å². The van der Waals surface area contributed by atoms with Crippen molar-refractivity contribution in [2.45, 2.75) is 52.4 Å². The van der Waals surface area contributed by atoms with E-state index in [2.05, 4.69) is 26.0 Å². The van der Waals surface area contributed by atoms with Crippen molar-refractivity contribution in [2.24, 2.45) is 35.0 Å². The van der Waals surface area contributed by atoms with Gasteiger partial charge >= 0.3 is 0 Å². The van der Waals surface area contributed by atoms with E-state index in [9.17, 15) is 4.79 Å². The van der Waals surface area contributed by atoms with Crippen LogP contribution in [-0.2, 0) is 4.79 Å². The molecule has 6 atom stereocenters. The lowest BCUT2D eigenvalue weighted by atomic mass is 9.50. The molecule has 2 fully saturated rings. The second-order valence-corrected chi connectivity index (χ2v) is 8.10. The molecule has 1 unspecified atom stereocenters. The third-order valence-electron chi connectivity index (χ3n) is 6.95. The Bertz CT molecular complexity index is 500. The van der Waals surface area contributed by atoms with Gasteiger partial charge in [-0.3, -0.25) is 4.79 Å². The molecular formula is C19H26O. The molecule has 0 bridgehead atoms. The average molecular weight is 270 g/mol. The van der Waals surface area contributed by atoms with Crippen molar-refractivity contribution in [3.8, 4) is 0 Å². The number of rotatable bonds is 0. The van der Waals surface area contributed by atoms with Gasteiger partial charge in [0.1, 0.15) is 0 Å². The maximum absolute atomic E-state index is 11.7. The minimum absolute atomic E-state index is 0.378.